The van der Waals surface area contributed by atoms with Crippen LogP contribution in [0.25, 0.3) is 22.4 Å². The lowest BCUT2D eigenvalue weighted by Crippen LogP contribution is -2.24. The summed E-state index contributed by atoms with van der Waals surface area (Å²) in [5, 5.41) is 3.88. The number of carbonyl (C=O) groups excluding carboxylic acids is 1. The summed E-state index contributed by atoms with van der Waals surface area (Å²) in [6, 6.07) is 14.6. The monoisotopic (exact) mass is 392 g/mol. The number of hydrogen-bond donors (Lipinski definition) is 1. The molecule has 1 N–H and O–H groups in total. The average molecular weight is 392 g/mol. The van der Waals surface area contributed by atoms with Gasteiger partial charge in [0.05, 0.1) is 11.2 Å². The quantitative estimate of drug-likeness (QED) is 0.577. The zero-order chi connectivity index (χ0) is 19.1. The zero-order valence-electron chi connectivity index (χ0n) is 14.8. The minimum Gasteiger partial charge on any atom is -0.408 e. The second-order valence-electron chi connectivity index (χ2n) is 6.50. The van der Waals surface area contributed by atoms with Gasteiger partial charge in [0, 0.05) is 29.7 Å². The molecule has 1 amide bonds. The number of fused-ring (bicyclic) bond motifs is 2. The van der Waals surface area contributed by atoms with Gasteiger partial charge >= 0.3 is 5.76 Å². The van der Waals surface area contributed by atoms with Crippen molar-refractivity contribution in [2.75, 3.05) is 11.1 Å². The number of anilines is 1. The number of hydrogen-bond acceptors (Lipinski definition) is 5. The van der Waals surface area contributed by atoms with Crippen molar-refractivity contribution in [2.24, 2.45) is 0 Å². The number of imidazole rings is 1. The van der Waals surface area contributed by atoms with E-state index in [1.54, 1.807) is 36.0 Å². The van der Waals surface area contributed by atoms with Gasteiger partial charge in [-0.05, 0) is 24.3 Å². The van der Waals surface area contributed by atoms with E-state index in [0.717, 1.165) is 28.7 Å². The largest absolute Gasteiger partial charge is 0.420 e. The van der Waals surface area contributed by atoms with Crippen LogP contribution in [-0.4, -0.2) is 25.8 Å². The Bertz CT molecular complexity index is 1230. The first-order valence-corrected chi connectivity index (χ1v) is 9.84. The predicted molar refractivity (Wildman–Crippen MR) is 107 cm³/mol. The number of oxazole rings is 1. The number of carbonyl (C=O) groups is 1. The molecule has 0 radical (unpaired) electrons. The molecule has 0 unspecified atom stereocenters. The van der Waals surface area contributed by atoms with Crippen LogP contribution in [0.3, 0.4) is 0 Å². The van der Waals surface area contributed by atoms with Gasteiger partial charge in [-0.25, -0.2) is 9.78 Å². The number of rotatable bonds is 4. The van der Waals surface area contributed by atoms with E-state index in [4.69, 9.17) is 4.42 Å². The van der Waals surface area contributed by atoms with Gasteiger partial charge in [-0.2, -0.15) is 0 Å². The Morgan fingerprint density at radius 3 is 3.00 bits per heavy atom. The Morgan fingerprint density at radius 1 is 1.21 bits per heavy atom. The van der Waals surface area contributed by atoms with Crippen molar-refractivity contribution in [1.82, 2.24) is 14.1 Å². The van der Waals surface area contributed by atoms with Crippen LogP contribution in [-0.2, 0) is 17.9 Å². The van der Waals surface area contributed by atoms with Gasteiger partial charge in [0.25, 0.3) is 0 Å². The number of nitrogens with one attached hydrogen (secondary N) is 1. The highest BCUT2D eigenvalue weighted by Crippen LogP contribution is 2.29. The maximum absolute atomic E-state index is 12.5. The number of amides is 1. The average Bonchev–Trinajstić information content (AvgIpc) is 3.36. The van der Waals surface area contributed by atoms with E-state index < -0.39 is 5.76 Å². The number of aromatic nitrogens is 3. The van der Waals surface area contributed by atoms with Crippen molar-refractivity contribution >= 4 is 34.5 Å². The minimum atomic E-state index is -0.546. The summed E-state index contributed by atoms with van der Waals surface area (Å²) in [7, 11) is 0. The molecule has 28 heavy (non-hydrogen) atoms. The first-order valence-electron chi connectivity index (χ1n) is 8.86. The molecule has 2 aromatic heterocycles. The van der Waals surface area contributed by atoms with Crippen LogP contribution in [0.1, 0.15) is 0 Å². The molecule has 0 fully saturated rings. The standard InChI is InChI=1S/C20H16N4O3S/c25-18(12-24-16-6-1-2-7-17(16)27-20(24)26)21-14-5-3-4-13(10-14)15-11-23-8-9-28-19(23)22-15/h1-7,10-11H,8-9,12H2,(H,21,25). The van der Waals surface area contributed by atoms with Crippen LogP contribution in [0.4, 0.5) is 5.69 Å². The fourth-order valence-electron chi connectivity index (χ4n) is 3.31. The number of thioether (sulfide) groups is 1. The Morgan fingerprint density at radius 2 is 2.11 bits per heavy atom. The number of nitrogens with zero attached hydrogens (tertiary/aromatic N) is 3. The molecule has 7 nitrogen and oxygen atoms in total. The van der Waals surface area contributed by atoms with Crippen molar-refractivity contribution < 1.29 is 9.21 Å². The third-order valence-corrected chi connectivity index (χ3v) is 5.59. The summed E-state index contributed by atoms with van der Waals surface area (Å²) in [5.74, 6) is 0.213. The lowest BCUT2D eigenvalue weighted by atomic mass is 10.1. The summed E-state index contributed by atoms with van der Waals surface area (Å²) < 4.78 is 8.64. The molecule has 3 heterocycles. The third kappa shape index (κ3) is 3.01. The molecule has 8 heteroatoms. The summed E-state index contributed by atoms with van der Waals surface area (Å²) in [4.78, 5) is 29.2. The summed E-state index contributed by atoms with van der Waals surface area (Å²) in [5.41, 5.74) is 3.54. The Kier molecular flexibility index (Phi) is 4.05. The van der Waals surface area contributed by atoms with Crippen LogP contribution in [0.5, 0.6) is 0 Å². The topological polar surface area (TPSA) is 82.1 Å². The molecule has 0 saturated carbocycles. The Hall–Kier alpha value is -3.26. The smallest absolute Gasteiger partial charge is 0.408 e. The van der Waals surface area contributed by atoms with E-state index in [1.807, 2.05) is 30.5 Å². The molecule has 0 saturated heterocycles. The van der Waals surface area contributed by atoms with E-state index in [9.17, 15) is 9.59 Å². The summed E-state index contributed by atoms with van der Waals surface area (Å²) in [6.07, 6.45) is 2.04. The van der Waals surface area contributed by atoms with Crippen LogP contribution in [0, 0.1) is 0 Å². The lowest BCUT2D eigenvalue weighted by Gasteiger charge is -2.07. The molecule has 5 rings (SSSR count). The number of aryl methyl sites for hydroxylation is 1. The SMILES string of the molecule is O=C(Cn1c(=O)oc2ccccc21)Nc1cccc(-c2cn3c(n2)SCC3)c1. The normalized spacial score (nSPS) is 13.0. The van der Waals surface area contributed by atoms with Crippen LogP contribution in [0.2, 0.25) is 0 Å². The molecule has 4 aromatic rings. The second kappa shape index (κ2) is 6.72. The fraction of sp³-hybridized carbons (Fsp3) is 0.150. The Labute approximate surface area is 164 Å². The molecule has 2 aromatic carbocycles. The van der Waals surface area contributed by atoms with Crippen molar-refractivity contribution in [2.45, 2.75) is 18.2 Å². The molecular formula is C20H16N4O3S. The van der Waals surface area contributed by atoms with Gasteiger partial charge < -0.3 is 14.3 Å². The summed E-state index contributed by atoms with van der Waals surface area (Å²) >= 11 is 1.74. The highest BCUT2D eigenvalue weighted by Gasteiger charge is 2.16. The van der Waals surface area contributed by atoms with Crippen molar-refractivity contribution in [1.29, 1.82) is 0 Å². The van der Waals surface area contributed by atoms with Crippen LogP contribution in [0.15, 0.2) is 69.1 Å². The summed E-state index contributed by atoms with van der Waals surface area (Å²) in [6.45, 7) is 0.853. The van der Waals surface area contributed by atoms with Gasteiger partial charge in [-0.15, -0.1) is 0 Å². The van der Waals surface area contributed by atoms with E-state index in [-0.39, 0.29) is 12.5 Å². The van der Waals surface area contributed by atoms with E-state index in [1.165, 1.54) is 4.57 Å². The molecule has 0 spiro atoms. The zero-order valence-corrected chi connectivity index (χ0v) is 15.6. The third-order valence-electron chi connectivity index (χ3n) is 4.62. The van der Waals surface area contributed by atoms with Gasteiger partial charge in [0.1, 0.15) is 6.54 Å². The molecule has 0 aliphatic carbocycles. The van der Waals surface area contributed by atoms with E-state index in [0.29, 0.717) is 16.8 Å². The second-order valence-corrected chi connectivity index (χ2v) is 7.56. The molecule has 0 atom stereocenters. The molecule has 0 bridgehead atoms. The lowest BCUT2D eigenvalue weighted by molar-refractivity contribution is -0.116. The van der Waals surface area contributed by atoms with Gasteiger partial charge in [-0.3, -0.25) is 9.36 Å². The van der Waals surface area contributed by atoms with Crippen molar-refractivity contribution in [3.05, 3.63) is 65.3 Å². The number of benzene rings is 2. The highest BCUT2D eigenvalue weighted by atomic mass is 32.2. The van der Waals surface area contributed by atoms with Gasteiger partial charge in [0.2, 0.25) is 5.91 Å². The maximum Gasteiger partial charge on any atom is 0.420 e. The molecular weight excluding hydrogens is 376 g/mol. The van der Waals surface area contributed by atoms with E-state index >= 15 is 0 Å². The molecule has 1 aliphatic heterocycles. The van der Waals surface area contributed by atoms with Gasteiger partial charge in [0.15, 0.2) is 10.7 Å². The van der Waals surface area contributed by atoms with Crippen molar-refractivity contribution in [3.63, 3.8) is 0 Å². The molecule has 1 aliphatic rings. The maximum atomic E-state index is 12.5. The molecule has 140 valence electrons. The first kappa shape index (κ1) is 16.9. The first-order chi connectivity index (χ1) is 13.7. The number of para-hydroxylation sites is 2. The van der Waals surface area contributed by atoms with Gasteiger partial charge in [-0.1, -0.05) is 36.0 Å². The predicted octanol–water partition coefficient (Wildman–Crippen LogP) is 3.20. The van der Waals surface area contributed by atoms with Crippen molar-refractivity contribution in [3.8, 4) is 11.3 Å². The van der Waals surface area contributed by atoms with E-state index in [2.05, 4.69) is 14.9 Å². The Balaban J connectivity index is 1.36. The minimum absolute atomic E-state index is 0.116. The highest BCUT2D eigenvalue weighted by molar-refractivity contribution is 7.99. The fourth-order valence-corrected chi connectivity index (χ4v) is 4.26. The van der Waals surface area contributed by atoms with Crippen LogP contribution < -0.4 is 11.1 Å². The van der Waals surface area contributed by atoms with Crippen LogP contribution >= 0.6 is 11.8 Å².